The lowest BCUT2D eigenvalue weighted by Crippen LogP contribution is -2.14. The monoisotopic (exact) mass is 372 g/mol. The molecule has 3 aromatic rings. The van der Waals surface area contributed by atoms with Crippen molar-refractivity contribution in [3.63, 3.8) is 0 Å². The predicted molar refractivity (Wildman–Crippen MR) is 88.7 cm³/mol. The zero-order chi connectivity index (χ0) is 16.8. The van der Waals surface area contributed by atoms with Gasteiger partial charge in [-0.2, -0.15) is 0 Å². The molecular weight excluding hydrogens is 363 g/mol. The van der Waals surface area contributed by atoms with Crippen molar-refractivity contribution in [3.05, 3.63) is 57.0 Å². The first-order valence-electron chi connectivity index (χ1n) is 6.35. The fourth-order valence-electron chi connectivity index (χ4n) is 2.06. The summed E-state index contributed by atoms with van der Waals surface area (Å²) in [6.45, 7) is 0. The first-order chi connectivity index (χ1) is 10.8. The molecule has 0 bridgehead atoms. The van der Waals surface area contributed by atoms with Crippen LogP contribution in [0.3, 0.4) is 0 Å². The van der Waals surface area contributed by atoms with Crippen LogP contribution < -0.4 is 10.5 Å². The van der Waals surface area contributed by atoms with Crippen molar-refractivity contribution in [2.75, 3.05) is 4.72 Å². The van der Waals surface area contributed by atoms with E-state index in [0.717, 1.165) is 0 Å². The Morgan fingerprint density at radius 3 is 2.43 bits per heavy atom. The lowest BCUT2D eigenvalue weighted by Gasteiger charge is -2.10. The van der Waals surface area contributed by atoms with Crippen molar-refractivity contribution >= 4 is 50.0 Å². The molecule has 9 heteroatoms. The zero-order valence-electron chi connectivity index (χ0n) is 11.7. The van der Waals surface area contributed by atoms with Gasteiger partial charge in [0.25, 0.3) is 10.0 Å². The second-order valence-corrected chi connectivity index (χ2v) is 7.28. The fraction of sp³-hybridized carbons (Fsp3) is 0.0714. The van der Waals surface area contributed by atoms with Gasteiger partial charge in [0.2, 0.25) is 0 Å². The van der Waals surface area contributed by atoms with Gasteiger partial charge >= 0.3 is 5.76 Å². The number of hydrogen-bond donors (Lipinski definition) is 1. The standard InChI is InChI=1S/C14H10Cl2N2O4S/c1-18-11-7-13(10(16)6-12(11)22-14(18)19)23(20,21)17-9-4-2-8(15)3-5-9/h2-7,17H,1H3. The van der Waals surface area contributed by atoms with E-state index in [0.29, 0.717) is 16.2 Å². The topological polar surface area (TPSA) is 81.3 Å². The van der Waals surface area contributed by atoms with Gasteiger partial charge in [0, 0.05) is 23.8 Å². The molecule has 6 nitrogen and oxygen atoms in total. The normalized spacial score (nSPS) is 11.8. The highest BCUT2D eigenvalue weighted by molar-refractivity contribution is 7.92. The summed E-state index contributed by atoms with van der Waals surface area (Å²) in [5, 5.41) is 0.439. The van der Waals surface area contributed by atoms with Gasteiger partial charge in [-0.25, -0.2) is 13.2 Å². The first kappa shape index (κ1) is 15.9. The molecule has 0 unspecified atom stereocenters. The second-order valence-electron chi connectivity index (χ2n) is 4.79. The molecule has 0 radical (unpaired) electrons. The van der Waals surface area contributed by atoms with Crippen molar-refractivity contribution in [2.24, 2.45) is 7.05 Å². The van der Waals surface area contributed by atoms with Crippen molar-refractivity contribution in [3.8, 4) is 0 Å². The molecule has 0 saturated carbocycles. The van der Waals surface area contributed by atoms with E-state index in [2.05, 4.69) is 4.72 Å². The summed E-state index contributed by atoms with van der Waals surface area (Å²) in [5.74, 6) is -0.601. The van der Waals surface area contributed by atoms with Gasteiger partial charge in [0.05, 0.1) is 10.5 Å². The third-order valence-corrected chi connectivity index (χ3v) is 5.33. The van der Waals surface area contributed by atoms with E-state index in [1.165, 1.54) is 35.9 Å². The highest BCUT2D eigenvalue weighted by Crippen LogP contribution is 2.28. The van der Waals surface area contributed by atoms with Gasteiger partial charge in [0.1, 0.15) is 4.90 Å². The summed E-state index contributed by atoms with van der Waals surface area (Å²) in [6, 6.07) is 8.77. The average molecular weight is 373 g/mol. The van der Waals surface area contributed by atoms with E-state index in [1.807, 2.05) is 0 Å². The minimum Gasteiger partial charge on any atom is -0.408 e. The van der Waals surface area contributed by atoms with Crippen LogP contribution in [0.25, 0.3) is 11.1 Å². The van der Waals surface area contributed by atoms with Crippen molar-refractivity contribution in [1.29, 1.82) is 0 Å². The lowest BCUT2D eigenvalue weighted by atomic mass is 10.3. The number of benzene rings is 2. The summed E-state index contributed by atoms with van der Waals surface area (Å²) < 4.78 is 33.6. The Bertz CT molecular complexity index is 1050. The molecule has 120 valence electrons. The van der Waals surface area contributed by atoms with E-state index in [4.69, 9.17) is 27.6 Å². The minimum absolute atomic E-state index is 0.0479. The van der Waals surface area contributed by atoms with Crippen LogP contribution in [0, 0.1) is 0 Å². The number of aromatic nitrogens is 1. The maximum Gasteiger partial charge on any atom is 0.419 e. The molecule has 1 N–H and O–H groups in total. The molecule has 0 aliphatic carbocycles. The molecule has 1 heterocycles. The quantitative estimate of drug-likeness (QED) is 0.764. The number of oxazole rings is 1. The van der Waals surface area contributed by atoms with Crippen LogP contribution in [0.5, 0.6) is 0 Å². The third-order valence-electron chi connectivity index (χ3n) is 3.23. The number of hydrogen-bond acceptors (Lipinski definition) is 4. The van der Waals surface area contributed by atoms with Crippen LogP contribution in [0.4, 0.5) is 5.69 Å². The number of aryl methyl sites for hydroxylation is 1. The number of sulfonamides is 1. The van der Waals surface area contributed by atoms with E-state index >= 15 is 0 Å². The highest BCUT2D eigenvalue weighted by atomic mass is 35.5. The maximum atomic E-state index is 12.5. The van der Waals surface area contributed by atoms with E-state index in [1.54, 1.807) is 12.1 Å². The number of halogens is 2. The molecule has 2 aromatic carbocycles. The molecule has 0 aliphatic heterocycles. The Morgan fingerprint density at radius 1 is 1.13 bits per heavy atom. The summed E-state index contributed by atoms with van der Waals surface area (Å²) >= 11 is 11.8. The van der Waals surface area contributed by atoms with E-state index < -0.39 is 15.8 Å². The van der Waals surface area contributed by atoms with Crippen LogP contribution in [0.15, 0.2) is 50.5 Å². The van der Waals surface area contributed by atoms with Crippen molar-refractivity contribution in [1.82, 2.24) is 4.57 Å². The number of nitrogens with zero attached hydrogens (tertiary/aromatic N) is 1. The average Bonchev–Trinajstić information content (AvgIpc) is 2.75. The second kappa shape index (κ2) is 5.59. The molecular formula is C14H10Cl2N2O4S. The van der Waals surface area contributed by atoms with Crippen LogP contribution >= 0.6 is 23.2 Å². The molecule has 0 atom stereocenters. The predicted octanol–water partition coefficient (Wildman–Crippen LogP) is 3.24. The lowest BCUT2D eigenvalue weighted by molar-refractivity contribution is 0.528. The van der Waals surface area contributed by atoms with Gasteiger partial charge in [-0.1, -0.05) is 23.2 Å². The number of fused-ring (bicyclic) bond motifs is 1. The Morgan fingerprint density at radius 2 is 1.78 bits per heavy atom. The van der Waals surface area contributed by atoms with Crippen LogP contribution in [0.2, 0.25) is 10.0 Å². The summed E-state index contributed by atoms with van der Waals surface area (Å²) in [4.78, 5) is 11.4. The van der Waals surface area contributed by atoms with Crippen molar-refractivity contribution in [2.45, 2.75) is 4.90 Å². The van der Waals surface area contributed by atoms with Crippen molar-refractivity contribution < 1.29 is 12.8 Å². The zero-order valence-corrected chi connectivity index (χ0v) is 14.0. The number of nitrogens with one attached hydrogen (secondary N) is 1. The molecule has 0 aliphatic rings. The van der Waals surface area contributed by atoms with Gasteiger partial charge in [-0.15, -0.1) is 0 Å². The van der Waals surface area contributed by atoms with Crippen LogP contribution in [-0.4, -0.2) is 13.0 Å². The third kappa shape index (κ3) is 2.95. The Balaban J connectivity index is 2.10. The molecule has 0 saturated heterocycles. The largest absolute Gasteiger partial charge is 0.419 e. The first-order valence-corrected chi connectivity index (χ1v) is 8.59. The molecule has 0 spiro atoms. The minimum atomic E-state index is -3.94. The van der Waals surface area contributed by atoms with E-state index in [-0.39, 0.29) is 15.5 Å². The molecule has 23 heavy (non-hydrogen) atoms. The Hall–Kier alpha value is -1.96. The summed E-state index contributed by atoms with van der Waals surface area (Å²) in [5.41, 5.74) is 0.885. The van der Waals surface area contributed by atoms with Crippen LogP contribution in [-0.2, 0) is 17.1 Å². The van der Waals surface area contributed by atoms with Gasteiger partial charge in [-0.3, -0.25) is 9.29 Å². The SMILES string of the molecule is Cn1c(=O)oc2cc(Cl)c(S(=O)(=O)Nc3ccc(Cl)cc3)cc21. The molecule has 3 rings (SSSR count). The Labute approximate surface area is 141 Å². The summed E-state index contributed by atoms with van der Waals surface area (Å²) in [6.07, 6.45) is 0. The van der Waals surface area contributed by atoms with Gasteiger partial charge < -0.3 is 4.42 Å². The molecule has 0 amide bonds. The van der Waals surface area contributed by atoms with E-state index in [9.17, 15) is 13.2 Å². The fourth-order valence-corrected chi connectivity index (χ4v) is 3.79. The highest BCUT2D eigenvalue weighted by Gasteiger charge is 2.21. The Kier molecular flexibility index (Phi) is 3.87. The smallest absolute Gasteiger partial charge is 0.408 e. The maximum absolute atomic E-state index is 12.5. The summed E-state index contributed by atoms with van der Waals surface area (Å²) in [7, 11) is -2.46. The molecule has 0 fully saturated rings. The number of anilines is 1. The van der Waals surface area contributed by atoms with Gasteiger partial charge in [0.15, 0.2) is 5.58 Å². The molecule has 1 aromatic heterocycles. The van der Waals surface area contributed by atoms with Crippen LogP contribution in [0.1, 0.15) is 0 Å². The van der Waals surface area contributed by atoms with Gasteiger partial charge in [-0.05, 0) is 30.3 Å². The number of rotatable bonds is 3.